The van der Waals surface area contributed by atoms with E-state index in [1.807, 2.05) is 18.2 Å². The molecule has 2 aromatic rings. The molecule has 28 heavy (non-hydrogen) atoms. The zero-order valence-corrected chi connectivity index (χ0v) is 15.5. The van der Waals surface area contributed by atoms with Gasteiger partial charge in [0.2, 0.25) is 0 Å². The Morgan fingerprint density at radius 3 is 2.29 bits per heavy atom. The number of rotatable bonds is 5. The number of carbonyl (C=O) groups is 2. The first-order valence-electron chi connectivity index (χ1n) is 9.02. The van der Waals surface area contributed by atoms with Gasteiger partial charge in [-0.05, 0) is 18.1 Å². The molecule has 0 aliphatic carbocycles. The second-order valence-corrected chi connectivity index (χ2v) is 7.01. The summed E-state index contributed by atoms with van der Waals surface area (Å²) in [5.41, 5.74) is -0.230. The average Bonchev–Trinajstić information content (AvgIpc) is 3.07. The number of ether oxygens (including phenoxy) is 1. The van der Waals surface area contributed by atoms with E-state index < -0.39 is 30.0 Å². The Balaban J connectivity index is 1.77. The minimum absolute atomic E-state index is 0.0352. The number of hydrogen-bond donors (Lipinski definition) is 1. The van der Waals surface area contributed by atoms with Crippen molar-refractivity contribution >= 4 is 12.0 Å². The number of likely N-dealkylation sites (tertiary alicyclic amines) is 1. The van der Waals surface area contributed by atoms with Crippen molar-refractivity contribution in [2.24, 2.45) is 0 Å². The number of alkyl carbamates (subject to hydrolysis) is 1. The summed E-state index contributed by atoms with van der Waals surface area (Å²) in [4.78, 5) is 26.6. The van der Waals surface area contributed by atoms with Crippen molar-refractivity contribution in [3.8, 4) is 0 Å². The summed E-state index contributed by atoms with van der Waals surface area (Å²) in [6.45, 7) is 0.822. The van der Waals surface area contributed by atoms with Crippen molar-refractivity contribution in [2.75, 3.05) is 13.1 Å². The zero-order valence-electron chi connectivity index (χ0n) is 15.5. The maximum absolute atomic E-state index is 13.6. The van der Waals surface area contributed by atoms with E-state index in [9.17, 15) is 18.4 Å². The molecule has 1 aliphatic rings. The van der Waals surface area contributed by atoms with Crippen molar-refractivity contribution in [1.82, 2.24) is 10.2 Å². The third kappa shape index (κ3) is 4.47. The van der Waals surface area contributed by atoms with Gasteiger partial charge in [-0.2, -0.15) is 0 Å². The molecule has 0 aromatic heterocycles. The van der Waals surface area contributed by atoms with Gasteiger partial charge in [-0.3, -0.25) is 4.79 Å². The van der Waals surface area contributed by atoms with Gasteiger partial charge in [0.25, 0.3) is 11.8 Å². The fourth-order valence-electron chi connectivity index (χ4n) is 3.21. The molecule has 1 atom stereocenters. The number of amides is 2. The first-order chi connectivity index (χ1) is 13.3. The quantitative estimate of drug-likeness (QED) is 0.850. The van der Waals surface area contributed by atoms with E-state index in [1.54, 1.807) is 42.5 Å². The van der Waals surface area contributed by atoms with Crippen molar-refractivity contribution in [1.29, 1.82) is 0 Å². The van der Waals surface area contributed by atoms with Gasteiger partial charge in [-0.15, -0.1) is 0 Å². The molecule has 7 heteroatoms. The summed E-state index contributed by atoms with van der Waals surface area (Å²) in [5.74, 6) is -3.51. The molecule has 0 bridgehead atoms. The lowest BCUT2D eigenvalue weighted by Crippen LogP contribution is -2.55. The number of benzene rings is 2. The number of carbonyl (C=O) groups excluding carboxylic acids is 2. The van der Waals surface area contributed by atoms with Crippen LogP contribution in [-0.2, 0) is 21.7 Å². The predicted molar refractivity (Wildman–Crippen MR) is 99.7 cm³/mol. The topological polar surface area (TPSA) is 58.6 Å². The second-order valence-electron chi connectivity index (χ2n) is 7.01. The highest BCUT2D eigenvalue weighted by Crippen LogP contribution is 2.31. The monoisotopic (exact) mass is 388 g/mol. The van der Waals surface area contributed by atoms with Crippen molar-refractivity contribution in [3.05, 3.63) is 71.8 Å². The van der Waals surface area contributed by atoms with Crippen LogP contribution in [0.4, 0.5) is 13.6 Å². The molecule has 1 saturated heterocycles. The van der Waals surface area contributed by atoms with Gasteiger partial charge < -0.3 is 15.0 Å². The molecular formula is C21H22F2N2O3. The maximum Gasteiger partial charge on any atom is 0.408 e. The van der Waals surface area contributed by atoms with Crippen LogP contribution in [0.5, 0.6) is 0 Å². The molecule has 1 heterocycles. The van der Waals surface area contributed by atoms with Crippen LogP contribution in [0.3, 0.4) is 0 Å². The standard InChI is InChI=1S/C21H22F2N2O3/c1-20(17-10-6-3-7-11-17,18(26)25-13-12-21(22,23)15-25)24-19(27)28-14-16-8-4-2-5-9-16/h2-11H,12-15H2,1H3,(H,24,27). The largest absolute Gasteiger partial charge is 0.445 e. The van der Waals surface area contributed by atoms with E-state index in [0.717, 1.165) is 10.5 Å². The van der Waals surface area contributed by atoms with Gasteiger partial charge in [-0.1, -0.05) is 60.7 Å². The molecule has 5 nitrogen and oxygen atoms in total. The smallest absolute Gasteiger partial charge is 0.408 e. The van der Waals surface area contributed by atoms with Crippen LogP contribution in [0.1, 0.15) is 24.5 Å². The molecule has 1 unspecified atom stereocenters. The Hall–Kier alpha value is -2.96. The highest BCUT2D eigenvalue weighted by atomic mass is 19.3. The summed E-state index contributed by atoms with van der Waals surface area (Å²) >= 11 is 0. The van der Waals surface area contributed by atoms with Crippen molar-refractivity contribution < 1.29 is 23.1 Å². The van der Waals surface area contributed by atoms with Crippen LogP contribution < -0.4 is 5.32 Å². The zero-order chi connectivity index (χ0) is 20.2. The molecule has 0 radical (unpaired) electrons. The Kier molecular flexibility index (Phi) is 5.63. The fourth-order valence-corrected chi connectivity index (χ4v) is 3.21. The van der Waals surface area contributed by atoms with Crippen LogP contribution in [0.2, 0.25) is 0 Å². The number of alkyl halides is 2. The van der Waals surface area contributed by atoms with E-state index in [0.29, 0.717) is 5.56 Å². The summed E-state index contributed by atoms with van der Waals surface area (Å²) in [5, 5.41) is 2.59. The van der Waals surface area contributed by atoms with Crippen LogP contribution in [-0.4, -0.2) is 35.9 Å². The van der Waals surface area contributed by atoms with E-state index in [4.69, 9.17) is 4.74 Å². The number of nitrogens with one attached hydrogen (secondary N) is 1. The van der Waals surface area contributed by atoms with Crippen LogP contribution in [0.25, 0.3) is 0 Å². The Morgan fingerprint density at radius 1 is 1.11 bits per heavy atom. The minimum Gasteiger partial charge on any atom is -0.445 e. The van der Waals surface area contributed by atoms with E-state index >= 15 is 0 Å². The molecule has 3 rings (SSSR count). The summed E-state index contributed by atoms with van der Waals surface area (Å²) < 4.78 is 32.5. The number of hydrogen-bond acceptors (Lipinski definition) is 3. The van der Waals surface area contributed by atoms with E-state index in [1.165, 1.54) is 6.92 Å². The van der Waals surface area contributed by atoms with Gasteiger partial charge in [-0.25, -0.2) is 13.6 Å². The Bertz CT molecular complexity index is 830. The molecule has 148 valence electrons. The van der Waals surface area contributed by atoms with Crippen LogP contribution in [0.15, 0.2) is 60.7 Å². The lowest BCUT2D eigenvalue weighted by molar-refractivity contribution is -0.138. The predicted octanol–water partition coefficient (Wildman–Crippen LogP) is 3.70. The molecule has 1 fully saturated rings. The van der Waals surface area contributed by atoms with Gasteiger partial charge in [0.1, 0.15) is 12.1 Å². The fraction of sp³-hybridized carbons (Fsp3) is 0.333. The highest BCUT2D eigenvalue weighted by molar-refractivity contribution is 5.91. The maximum atomic E-state index is 13.6. The molecule has 2 aromatic carbocycles. The summed E-state index contributed by atoms with van der Waals surface area (Å²) in [6, 6.07) is 17.7. The minimum atomic E-state index is -2.92. The SMILES string of the molecule is CC(NC(=O)OCc1ccccc1)(C(=O)N1CCC(F)(F)C1)c1ccccc1. The summed E-state index contributed by atoms with van der Waals surface area (Å²) in [6.07, 6.45) is -1.18. The van der Waals surface area contributed by atoms with Crippen LogP contribution >= 0.6 is 0 Å². The summed E-state index contributed by atoms with van der Waals surface area (Å²) in [7, 11) is 0. The first kappa shape index (κ1) is 19.8. The third-order valence-electron chi connectivity index (χ3n) is 4.80. The van der Waals surface area contributed by atoms with Crippen molar-refractivity contribution in [2.45, 2.75) is 31.4 Å². The molecule has 0 saturated carbocycles. The lowest BCUT2D eigenvalue weighted by atomic mass is 9.90. The number of halogens is 2. The Morgan fingerprint density at radius 2 is 1.71 bits per heavy atom. The average molecular weight is 388 g/mol. The van der Waals surface area contributed by atoms with E-state index in [2.05, 4.69) is 5.32 Å². The number of nitrogens with zero attached hydrogens (tertiary/aromatic N) is 1. The van der Waals surface area contributed by atoms with Gasteiger partial charge in [0.15, 0.2) is 0 Å². The molecular weight excluding hydrogens is 366 g/mol. The van der Waals surface area contributed by atoms with Crippen molar-refractivity contribution in [3.63, 3.8) is 0 Å². The third-order valence-corrected chi connectivity index (χ3v) is 4.80. The molecule has 1 N–H and O–H groups in total. The van der Waals surface area contributed by atoms with Gasteiger partial charge in [0, 0.05) is 13.0 Å². The first-order valence-corrected chi connectivity index (χ1v) is 9.02. The van der Waals surface area contributed by atoms with Gasteiger partial charge >= 0.3 is 6.09 Å². The molecule has 2 amide bonds. The van der Waals surface area contributed by atoms with Gasteiger partial charge in [0.05, 0.1) is 6.54 Å². The lowest BCUT2D eigenvalue weighted by Gasteiger charge is -2.33. The van der Waals surface area contributed by atoms with E-state index in [-0.39, 0.29) is 19.6 Å². The van der Waals surface area contributed by atoms with Crippen LogP contribution in [0, 0.1) is 0 Å². The molecule has 1 aliphatic heterocycles. The normalized spacial score (nSPS) is 17.6. The second kappa shape index (κ2) is 7.96. The highest BCUT2D eigenvalue weighted by Gasteiger charge is 2.47. The molecule has 0 spiro atoms. The Labute approximate surface area is 162 Å².